The highest BCUT2D eigenvalue weighted by molar-refractivity contribution is 7.98. The molecule has 2 N–H and O–H groups in total. The Labute approximate surface area is 163 Å². The van der Waals surface area contributed by atoms with E-state index >= 15 is 0 Å². The SMILES string of the molecule is CSCC[C@H](C(=O)Nc1cccc(-c2n[nH]c(C(C)C)n2)c1)n1cccc1. The van der Waals surface area contributed by atoms with Gasteiger partial charge < -0.3 is 9.88 Å². The fourth-order valence-corrected chi connectivity index (χ4v) is 3.28. The number of hydrogen-bond donors (Lipinski definition) is 2. The quantitative estimate of drug-likeness (QED) is 0.607. The number of carbonyl (C=O) groups excluding carboxylic acids is 1. The fraction of sp³-hybridized carbons (Fsp3) is 0.350. The second-order valence-electron chi connectivity index (χ2n) is 6.70. The minimum Gasteiger partial charge on any atom is -0.342 e. The van der Waals surface area contributed by atoms with Gasteiger partial charge in [-0.1, -0.05) is 26.0 Å². The van der Waals surface area contributed by atoms with Gasteiger partial charge in [-0.05, 0) is 42.7 Å². The number of nitrogens with zero attached hydrogens (tertiary/aromatic N) is 3. The maximum absolute atomic E-state index is 12.9. The first-order chi connectivity index (χ1) is 13.1. The second kappa shape index (κ2) is 8.90. The fourth-order valence-electron chi connectivity index (χ4n) is 2.82. The summed E-state index contributed by atoms with van der Waals surface area (Å²) in [5.74, 6) is 2.68. The molecule has 3 aromatic rings. The molecule has 1 amide bonds. The van der Waals surface area contributed by atoms with Crippen LogP contribution in [0.3, 0.4) is 0 Å². The number of H-pyrrole nitrogens is 1. The van der Waals surface area contributed by atoms with Crippen molar-refractivity contribution in [1.29, 1.82) is 0 Å². The number of thioether (sulfide) groups is 1. The van der Waals surface area contributed by atoms with Crippen molar-refractivity contribution in [3.63, 3.8) is 0 Å². The molecule has 2 aromatic heterocycles. The van der Waals surface area contributed by atoms with E-state index in [0.29, 0.717) is 5.82 Å². The Morgan fingerprint density at radius 1 is 1.26 bits per heavy atom. The van der Waals surface area contributed by atoms with Crippen molar-refractivity contribution in [1.82, 2.24) is 19.7 Å². The van der Waals surface area contributed by atoms with Gasteiger partial charge >= 0.3 is 0 Å². The summed E-state index contributed by atoms with van der Waals surface area (Å²) in [6.07, 6.45) is 6.70. The predicted molar refractivity (Wildman–Crippen MR) is 111 cm³/mol. The molecule has 7 heteroatoms. The van der Waals surface area contributed by atoms with E-state index in [1.54, 1.807) is 11.8 Å². The van der Waals surface area contributed by atoms with Crippen LogP contribution in [0.1, 0.15) is 38.1 Å². The molecule has 6 nitrogen and oxygen atoms in total. The number of benzene rings is 1. The van der Waals surface area contributed by atoms with Gasteiger partial charge in [0.1, 0.15) is 11.9 Å². The molecule has 0 aliphatic carbocycles. The average Bonchev–Trinajstić information content (AvgIpc) is 3.34. The third-order valence-electron chi connectivity index (χ3n) is 4.32. The Morgan fingerprint density at radius 3 is 2.70 bits per heavy atom. The standard InChI is InChI=1S/C20H25N5OS/c1-14(2)18-22-19(24-23-18)15-7-6-8-16(13-15)21-20(26)17(9-12-27-3)25-10-4-5-11-25/h4-8,10-11,13-14,17H,9,12H2,1-3H3,(H,21,26)(H,22,23,24)/t17-/m1/s1. The first-order valence-electron chi connectivity index (χ1n) is 9.03. The van der Waals surface area contributed by atoms with Crippen LogP contribution in [0, 0.1) is 0 Å². The Kier molecular flexibility index (Phi) is 6.34. The van der Waals surface area contributed by atoms with Crippen LogP contribution in [0.4, 0.5) is 5.69 Å². The zero-order valence-electron chi connectivity index (χ0n) is 15.8. The molecule has 0 radical (unpaired) electrons. The minimum atomic E-state index is -0.229. The van der Waals surface area contributed by atoms with Crippen LogP contribution in [-0.4, -0.2) is 37.7 Å². The van der Waals surface area contributed by atoms with Gasteiger partial charge in [-0.3, -0.25) is 9.89 Å². The molecule has 0 unspecified atom stereocenters. The van der Waals surface area contributed by atoms with Gasteiger partial charge in [0, 0.05) is 29.6 Å². The largest absolute Gasteiger partial charge is 0.342 e. The van der Waals surface area contributed by atoms with E-state index < -0.39 is 0 Å². The molecule has 2 heterocycles. The number of hydrogen-bond acceptors (Lipinski definition) is 4. The van der Waals surface area contributed by atoms with E-state index in [2.05, 4.69) is 40.6 Å². The van der Waals surface area contributed by atoms with Crippen LogP contribution in [-0.2, 0) is 4.79 Å². The van der Waals surface area contributed by atoms with Gasteiger partial charge in [0.15, 0.2) is 5.82 Å². The zero-order chi connectivity index (χ0) is 19.2. The molecule has 1 aromatic carbocycles. The van der Waals surface area contributed by atoms with Crippen molar-refractivity contribution >= 4 is 23.4 Å². The predicted octanol–water partition coefficient (Wildman–Crippen LogP) is 4.33. The number of anilines is 1. The zero-order valence-corrected chi connectivity index (χ0v) is 16.7. The summed E-state index contributed by atoms with van der Waals surface area (Å²) >= 11 is 1.74. The van der Waals surface area contributed by atoms with E-state index in [0.717, 1.165) is 29.2 Å². The normalized spacial score (nSPS) is 12.3. The number of aromatic amines is 1. The highest BCUT2D eigenvalue weighted by Crippen LogP contribution is 2.23. The molecule has 0 saturated heterocycles. The van der Waals surface area contributed by atoms with Crippen molar-refractivity contribution < 1.29 is 4.79 Å². The molecular formula is C20H25N5OS. The number of carbonyl (C=O) groups is 1. The van der Waals surface area contributed by atoms with Gasteiger partial charge in [0.25, 0.3) is 0 Å². The molecule has 0 saturated carbocycles. The lowest BCUT2D eigenvalue weighted by molar-refractivity contribution is -0.119. The summed E-state index contributed by atoms with van der Waals surface area (Å²) in [7, 11) is 0. The maximum atomic E-state index is 12.9. The van der Waals surface area contributed by atoms with Crippen molar-refractivity contribution in [3.8, 4) is 11.4 Å². The van der Waals surface area contributed by atoms with Crippen molar-refractivity contribution in [2.75, 3.05) is 17.3 Å². The number of aromatic nitrogens is 4. The summed E-state index contributed by atoms with van der Waals surface area (Å²) in [6, 6.07) is 11.3. The highest BCUT2D eigenvalue weighted by Gasteiger charge is 2.19. The summed E-state index contributed by atoms with van der Waals surface area (Å²) in [4.78, 5) is 17.4. The Bertz CT molecular complexity index is 872. The van der Waals surface area contributed by atoms with Crippen molar-refractivity contribution in [2.45, 2.75) is 32.2 Å². The third-order valence-corrected chi connectivity index (χ3v) is 4.97. The molecule has 27 heavy (non-hydrogen) atoms. The summed E-state index contributed by atoms with van der Waals surface area (Å²) in [5.41, 5.74) is 1.62. The molecule has 0 aliphatic heterocycles. The van der Waals surface area contributed by atoms with E-state index in [4.69, 9.17) is 0 Å². The van der Waals surface area contributed by atoms with Gasteiger partial charge in [0.05, 0.1) is 0 Å². The Hall–Kier alpha value is -2.54. The van der Waals surface area contributed by atoms with Crippen LogP contribution in [0.15, 0.2) is 48.8 Å². The van der Waals surface area contributed by atoms with E-state index in [9.17, 15) is 4.79 Å². The monoisotopic (exact) mass is 383 g/mol. The molecule has 142 valence electrons. The average molecular weight is 384 g/mol. The number of amides is 1. The topological polar surface area (TPSA) is 75.6 Å². The molecule has 0 fully saturated rings. The summed E-state index contributed by atoms with van der Waals surface area (Å²) in [6.45, 7) is 4.13. The Balaban J connectivity index is 1.77. The van der Waals surface area contributed by atoms with Gasteiger partial charge in [-0.25, -0.2) is 4.98 Å². The summed E-state index contributed by atoms with van der Waals surface area (Å²) in [5, 5.41) is 10.3. The Morgan fingerprint density at radius 2 is 2.04 bits per heavy atom. The van der Waals surface area contributed by atoms with Crippen LogP contribution < -0.4 is 5.32 Å². The smallest absolute Gasteiger partial charge is 0.247 e. The van der Waals surface area contributed by atoms with E-state index in [1.165, 1.54) is 0 Å². The van der Waals surface area contributed by atoms with Crippen molar-refractivity contribution in [2.24, 2.45) is 0 Å². The number of rotatable bonds is 8. The van der Waals surface area contributed by atoms with Gasteiger partial charge in [-0.15, -0.1) is 0 Å². The molecule has 0 bridgehead atoms. The maximum Gasteiger partial charge on any atom is 0.247 e. The van der Waals surface area contributed by atoms with Crippen LogP contribution in [0.25, 0.3) is 11.4 Å². The van der Waals surface area contributed by atoms with Crippen molar-refractivity contribution in [3.05, 3.63) is 54.6 Å². The second-order valence-corrected chi connectivity index (χ2v) is 7.68. The summed E-state index contributed by atoms with van der Waals surface area (Å²) < 4.78 is 1.96. The number of nitrogens with one attached hydrogen (secondary N) is 2. The molecule has 0 aliphatic rings. The lowest BCUT2D eigenvalue weighted by Gasteiger charge is -2.18. The lowest BCUT2D eigenvalue weighted by atomic mass is 10.1. The van der Waals surface area contributed by atoms with Gasteiger partial charge in [-0.2, -0.15) is 16.9 Å². The lowest BCUT2D eigenvalue weighted by Crippen LogP contribution is -2.25. The molecule has 0 spiro atoms. The van der Waals surface area contributed by atoms with E-state index in [-0.39, 0.29) is 17.9 Å². The third kappa shape index (κ3) is 4.80. The molecule has 3 rings (SSSR count). The van der Waals surface area contributed by atoms with Crippen LogP contribution >= 0.6 is 11.8 Å². The van der Waals surface area contributed by atoms with Gasteiger partial charge in [0.2, 0.25) is 5.91 Å². The first kappa shape index (κ1) is 19.2. The minimum absolute atomic E-state index is 0.0183. The van der Waals surface area contributed by atoms with Crippen LogP contribution in [0.2, 0.25) is 0 Å². The molecule has 1 atom stereocenters. The first-order valence-corrected chi connectivity index (χ1v) is 10.4. The molecular weight excluding hydrogens is 358 g/mol. The van der Waals surface area contributed by atoms with E-state index in [1.807, 2.05) is 53.4 Å². The van der Waals surface area contributed by atoms with Crippen LogP contribution in [0.5, 0.6) is 0 Å². The highest BCUT2D eigenvalue weighted by atomic mass is 32.2.